The molecule has 1 N–H and O–H groups in total. The molecule has 14 heavy (non-hydrogen) atoms. The summed E-state index contributed by atoms with van der Waals surface area (Å²) in [5.74, 6) is 0. The van der Waals surface area contributed by atoms with E-state index in [0.717, 1.165) is 0 Å². The molecule has 0 fully saturated rings. The molecule has 0 spiro atoms. The molecule has 0 radical (unpaired) electrons. The van der Waals surface area contributed by atoms with Crippen LogP contribution in [0.4, 0.5) is 0 Å². The number of aliphatic hydroxyl groups excluding tert-OH is 1. The molecule has 0 amide bonds. The van der Waals surface area contributed by atoms with Gasteiger partial charge in [0, 0.05) is 0 Å². The zero-order valence-corrected chi connectivity index (χ0v) is 8.31. The van der Waals surface area contributed by atoms with Gasteiger partial charge >= 0.3 is 0 Å². The summed E-state index contributed by atoms with van der Waals surface area (Å²) in [6.07, 6.45) is 2.99. The second-order valence-electron chi connectivity index (χ2n) is 3.02. The van der Waals surface area contributed by atoms with E-state index in [1.165, 1.54) is 6.33 Å². The molecule has 0 aliphatic carbocycles. The largest absolute Gasteiger partial charge is 0.394 e. The molecule has 1 atom stereocenters. The molecule has 2 rings (SSSR count). The fourth-order valence-electron chi connectivity index (χ4n) is 1.23. The Labute approximate surface area is 85.4 Å². The molecule has 2 aromatic heterocycles. The van der Waals surface area contributed by atoms with Crippen molar-refractivity contribution in [2.75, 3.05) is 6.61 Å². The predicted octanol–water partition coefficient (Wildman–Crippen LogP) is 1.03. The lowest BCUT2D eigenvalue weighted by Gasteiger charge is -2.09. The molecular weight excluding hydrogens is 204 g/mol. The maximum atomic E-state index is 9.01. The first-order valence-electron chi connectivity index (χ1n) is 4.18. The maximum absolute atomic E-state index is 9.01. The van der Waals surface area contributed by atoms with E-state index in [0.29, 0.717) is 16.3 Å². The van der Waals surface area contributed by atoms with Gasteiger partial charge in [-0.2, -0.15) is 0 Å². The Morgan fingerprint density at radius 2 is 2.29 bits per heavy atom. The fraction of sp³-hybridized carbons (Fsp3) is 0.375. The van der Waals surface area contributed by atoms with Gasteiger partial charge in [0.2, 0.25) is 0 Å². The van der Waals surface area contributed by atoms with Gasteiger partial charge in [-0.05, 0) is 6.92 Å². The minimum Gasteiger partial charge on any atom is -0.394 e. The van der Waals surface area contributed by atoms with Gasteiger partial charge in [0.25, 0.3) is 0 Å². The summed E-state index contributed by atoms with van der Waals surface area (Å²) in [5, 5.41) is 9.34. The Bertz CT molecular complexity index is 456. The van der Waals surface area contributed by atoms with Gasteiger partial charge in [-0.3, -0.25) is 0 Å². The van der Waals surface area contributed by atoms with Crippen LogP contribution in [0.1, 0.15) is 13.0 Å². The van der Waals surface area contributed by atoms with E-state index < -0.39 is 0 Å². The normalized spacial score (nSPS) is 13.4. The van der Waals surface area contributed by atoms with Crippen LogP contribution in [0.25, 0.3) is 11.2 Å². The van der Waals surface area contributed by atoms with Gasteiger partial charge in [-0.1, -0.05) is 11.6 Å². The minimum atomic E-state index is -0.0639. The number of fused-ring (bicyclic) bond motifs is 1. The number of hydrogen-bond donors (Lipinski definition) is 1. The van der Waals surface area contributed by atoms with E-state index in [1.807, 2.05) is 6.92 Å². The highest BCUT2D eigenvalue weighted by molar-refractivity contribution is 6.33. The third-order valence-corrected chi connectivity index (χ3v) is 2.33. The lowest BCUT2D eigenvalue weighted by atomic mass is 10.3. The van der Waals surface area contributed by atoms with Crippen molar-refractivity contribution in [1.29, 1.82) is 0 Å². The van der Waals surface area contributed by atoms with E-state index >= 15 is 0 Å². The van der Waals surface area contributed by atoms with Gasteiger partial charge in [0.15, 0.2) is 10.8 Å². The molecule has 0 bridgehead atoms. The smallest absolute Gasteiger partial charge is 0.165 e. The van der Waals surface area contributed by atoms with Crippen molar-refractivity contribution < 1.29 is 5.11 Å². The first-order valence-corrected chi connectivity index (χ1v) is 4.55. The van der Waals surface area contributed by atoms with Crippen molar-refractivity contribution >= 4 is 22.8 Å². The number of aromatic nitrogens is 4. The quantitative estimate of drug-likeness (QED) is 0.756. The summed E-state index contributed by atoms with van der Waals surface area (Å²) in [6, 6.07) is -0.0639. The third-order valence-electron chi connectivity index (χ3n) is 2.05. The van der Waals surface area contributed by atoms with Crippen molar-refractivity contribution in [3.8, 4) is 0 Å². The van der Waals surface area contributed by atoms with Gasteiger partial charge in [0.05, 0.1) is 19.0 Å². The molecular formula is C8H9ClN4O. The van der Waals surface area contributed by atoms with Crippen LogP contribution >= 0.6 is 11.6 Å². The summed E-state index contributed by atoms with van der Waals surface area (Å²) in [7, 11) is 0. The lowest BCUT2D eigenvalue weighted by Crippen LogP contribution is -2.08. The molecule has 0 aromatic carbocycles. The first kappa shape index (κ1) is 9.36. The zero-order valence-electron chi connectivity index (χ0n) is 7.55. The van der Waals surface area contributed by atoms with Gasteiger partial charge in [-0.15, -0.1) is 0 Å². The average molecular weight is 213 g/mol. The Hall–Kier alpha value is -1.20. The van der Waals surface area contributed by atoms with Crippen LogP contribution in [-0.4, -0.2) is 31.2 Å². The highest BCUT2D eigenvalue weighted by atomic mass is 35.5. The van der Waals surface area contributed by atoms with Crippen molar-refractivity contribution in [3.05, 3.63) is 17.8 Å². The second-order valence-corrected chi connectivity index (χ2v) is 3.38. The van der Waals surface area contributed by atoms with Crippen LogP contribution in [-0.2, 0) is 0 Å². The topological polar surface area (TPSA) is 63.8 Å². The Kier molecular flexibility index (Phi) is 2.35. The molecule has 0 unspecified atom stereocenters. The average Bonchev–Trinajstić information content (AvgIpc) is 2.62. The number of imidazole rings is 1. The highest BCUT2D eigenvalue weighted by Crippen LogP contribution is 2.19. The number of aliphatic hydroxyl groups is 1. The molecule has 6 heteroatoms. The van der Waals surface area contributed by atoms with Gasteiger partial charge in [0.1, 0.15) is 11.8 Å². The summed E-state index contributed by atoms with van der Waals surface area (Å²) in [5.41, 5.74) is 1.21. The maximum Gasteiger partial charge on any atom is 0.165 e. The molecule has 0 aliphatic heterocycles. The van der Waals surface area contributed by atoms with Crippen LogP contribution in [0.2, 0.25) is 5.15 Å². The standard InChI is InChI=1S/C8H9ClN4O/c1-5(2-14)13-4-12-6-7(9)10-3-11-8(6)13/h3-5,14H,2H2,1H3/t5-/m1/s1. The van der Waals surface area contributed by atoms with E-state index in [-0.39, 0.29) is 12.6 Å². The second kappa shape index (κ2) is 3.51. The first-order chi connectivity index (χ1) is 6.74. The number of hydrogen-bond acceptors (Lipinski definition) is 4. The molecule has 0 aliphatic rings. The summed E-state index contributed by atoms with van der Waals surface area (Å²) in [6.45, 7) is 1.91. The predicted molar refractivity (Wildman–Crippen MR) is 52.1 cm³/mol. The van der Waals surface area contributed by atoms with Crippen molar-refractivity contribution in [1.82, 2.24) is 19.5 Å². The Balaban J connectivity index is 2.63. The van der Waals surface area contributed by atoms with Crippen LogP contribution in [0.15, 0.2) is 12.7 Å². The molecule has 0 saturated heterocycles. The molecule has 74 valence electrons. The van der Waals surface area contributed by atoms with Crippen LogP contribution in [0.3, 0.4) is 0 Å². The zero-order chi connectivity index (χ0) is 10.1. The van der Waals surface area contributed by atoms with Crippen molar-refractivity contribution in [3.63, 3.8) is 0 Å². The minimum absolute atomic E-state index is 0.0348. The van der Waals surface area contributed by atoms with Crippen molar-refractivity contribution in [2.45, 2.75) is 13.0 Å². The highest BCUT2D eigenvalue weighted by Gasteiger charge is 2.11. The van der Waals surface area contributed by atoms with E-state index in [4.69, 9.17) is 16.7 Å². The van der Waals surface area contributed by atoms with E-state index in [9.17, 15) is 0 Å². The lowest BCUT2D eigenvalue weighted by molar-refractivity contribution is 0.241. The third kappa shape index (κ3) is 1.34. The van der Waals surface area contributed by atoms with E-state index in [2.05, 4.69) is 15.0 Å². The van der Waals surface area contributed by atoms with Gasteiger partial charge in [-0.25, -0.2) is 15.0 Å². The Morgan fingerprint density at radius 1 is 1.50 bits per heavy atom. The van der Waals surface area contributed by atoms with Crippen molar-refractivity contribution in [2.24, 2.45) is 0 Å². The SMILES string of the molecule is C[C@H](CO)n1cnc2c(Cl)ncnc21. The monoisotopic (exact) mass is 212 g/mol. The van der Waals surface area contributed by atoms with E-state index in [1.54, 1.807) is 10.9 Å². The fourth-order valence-corrected chi connectivity index (χ4v) is 1.41. The number of nitrogens with zero attached hydrogens (tertiary/aromatic N) is 4. The van der Waals surface area contributed by atoms with Crippen LogP contribution in [0.5, 0.6) is 0 Å². The van der Waals surface area contributed by atoms with Gasteiger partial charge < -0.3 is 9.67 Å². The molecule has 2 aromatic rings. The summed E-state index contributed by atoms with van der Waals surface area (Å²) >= 11 is 5.83. The summed E-state index contributed by atoms with van der Waals surface area (Å²) in [4.78, 5) is 12.0. The van der Waals surface area contributed by atoms with Crippen LogP contribution in [0, 0.1) is 0 Å². The molecule has 5 nitrogen and oxygen atoms in total. The number of halogens is 1. The molecule has 0 saturated carbocycles. The number of rotatable bonds is 2. The Morgan fingerprint density at radius 3 is 3.00 bits per heavy atom. The summed E-state index contributed by atoms with van der Waals surface area (Å²) < 4.78 is 1.77. The van der Waals surface area contributed by atoms with Crippen LogP contribution < -0.4 is 0 Å². The molecule has 2 heterocycles.